The van der Waals surface area contributed by atoms with Gasteiger partial charge < -0.3 is 10.6 Å². The summed E-state index contributed by atoms with van der Waals surface area (Å²) in [6.45, 7) is 4.99. The first-order valence-electron chi connectivity index (χ1n) is 8.83. The summed E-state index contributed by atoms with van der Waals surface area (Å²) in [4.78, 5) is 11.8. The molecule has 1 aliphatic rings. The van der Waals surface area contributed by atoms with Crippen LogP contribution in [0.3, 0.4) is 0 Å². The van der Waals surface area contributed by atoms with E-state index in [1.807, 2.05) is 0 Å². The first kappa shape index (κ1) is 17.5. The Balaban J connectivity index is 1.77. The van der Waals surface area contributed by atoms with Gasteiger partial charge in [0.2, 0.25) is 5.91 Å². The van der Waals surface area contributed by atoms with Crippen molar-refractivity contribution >= 4 is 5.91 Å². The van der Waals surface area contributed by atoms with E-state index < -0.39 is 0 Å². The van der Waals surface area contributed by atoms with Crippen LogP contribution in [0.2, 0.25) is 0 Å². The number of rotatable bonds is 12. The molecule has 1 atom stereocenters. The molecule has 1 saturated heterocycles. The third-order valence-electron chi connectivity index (χ3n) is 4.26. The molecule has 0 aliphatic carbocycles. The van der Waals surface area contributed by atoms with Gasteiger partial charge >= 0.3 is 0 Å². The predicted molar refractivity (Wildman–Crippen MR) is 85.8 cm³/mol. The minimum atomic E-state index is 0.220. The van der Waals surface area contributed by atoms with E-state index in [4.69, 9.17) is 0 Å². The molecule has 0 aromatic heterocycles. The lowest BCUT2D eigenvalue weighted by Crippen LogP contribution is -2.32. The van der Waals surface area contributed by atoms with Crippen LogP contribution in [0.4, 0.5) is 0 Å². The molecule has 118 valence electrons. The maximum Gasteiger partial charge on any atom is 0.224 e. The molecule has 20 heavy (non-hydrogen) atoms. The molecule has 0 aromatic carbocycles. The second-order valence-electron chi connectivity index (χ2n) is 6.16. The quantitative estimate of drug-likeness (QED) is 0.537. The van der Waals surface area contributed by atoms with Gasteiger partial charge in [0, 0.05) is 13.1 Å². The second-order valence-corrected chi connectivity index (χ2v) is 6.16. The topological polar surface area (TPSA) is 41.1 Å². The van der Waals surface area contributed by atoms with Crippen molar-refractivity contribution < 1.29 is 4.79 Å². The highest BCUT2D eigenvalue weighted by Gasteiger charge is 2.21. The first-order chi connectivity index (χ1) is 9.84. The molecule has 0 radical (unpaired) electrons. The lowest BCUT2D eigenvalue weighted by atomic mass is 10.1. The SMILES string of the molecule is CCCCCCCCCCCCNC(=O)[C@H]1CCNC1. The van der Waals surface area contributed by atoms with E-state index in [2.05, 4.69) is 17.6 Å². The maximum absolute atomic E-state index is 11.8. The van der Waals surface area contributed by atoms with Crippen molar-refractivity contribution in [1.29, 1.82) is 0 Å². The number of amides is 1. The third-order valence-corrected chi connectivity index (χ3v) is 4.26. The Kier molecular flexibility index (Phi) is 10.7. The monoisotopic (exact) mass is 282 g/mol. The molecule has 0 spiro atoms. The molecular formula is C17H34N2O. The minimum Gasteiger partial charge on any atom is -0.356 e. The van der Waals surface area contributed by atoms with Crippen molar-refractivity contribution in [2.75, 3.05) is 19.6 Å². The van der Waals surface area contributed by atoms with Gasteiger partial charge in [0.1, 0.15) is 0 Å². The molecule has 3 heteroatoms. The fourth-order valence-corrected chi connectivity index (χ4v) is 2.85. The zero-order valence-corrected chi connectivity index (χ0v) is 13.4. The zero-order chi connectivity index (χ0) is 14.5. The second kappa shape index (κ2) is 12.2. The zero-order valence-electron chi connectivity index (χ0n) is 13.4. The first-order valence-corrected chi connectivity index (χ1v) is 8.83. The van der Waals surface area contributed by atoms with Crippen molar-refractivity contribution in [3.05, 3.63) is 0 Å². The van der Waals surface area contributed by atoms with Crippen LogP contribution in [0.25, 0.3) is 0 Å². The Hall–Kier alpha value is -0.570. The number of unbranched alkanes of at least 4 members (excludes halogenated alkanes) is 9. The Bertz CT molecular complexity index is 237. The van der Waals surface area contributed by atoms with Gasteiger partial charge in [-0.15, -0.1) is 0 Å². The summed E-state index contributed by atoms with van der Waals surface area (Å²) in [6.07, 6.45) is 14.5. The summed E-state index contributed by atoms with van der Waals surface area (Å²) in [5, 5.41) is 6.31. The van der Waals surface area contributed by atoms with Crippen LogP contribution >= 0.6 is 0 Å². The summed E-state index contributed by atoms with van der Waals surface area (Å²) in [7, 11) is 0. The molecule has 1 heterocycles. The fraction of sp³-hybridized carbons (Fsp3) is 0.941. The largest absolute Gasteiger partial charge is 0.356 e. The molecule has 1 rings (SSSR count). The highest BCUT2D eigenvalue weighted by atomic mass is 16.1. The molecule has 1 fully saturated rings. The van der Waals surface area contributed by atoms with Gasteiger partial charge in [0.15, 0.2) is 0 Å². The van der Waals surface area contributed by atoms with E-state index in [0.29, 0.717) is 0 Å². The van der Waals surface area contributed by atoms with Crippen LogP contribution in [0.15, 0.2) is 0 Å². The molecule has 3 nitrogen and oxygen atoms in total. The number of hydrogen-bond acceptors (Lipinski definition) is 2. The molecule has 1 amide bonds. The van der Waals surface area contributed by atoms with Crippen LogP contribution in [0.5, 0.6) is 0 Å². The summed E-state index contributed by atoms with van der Waals surface area (Å²) in [6, 6.07) is 0. The molecule has 0 bridgehead atoms. The lowest BCUT2D eigenvalue weighted by Gasteiger charge is -2.09. The van der Waals surface area contributed by atoms with Crippen molar-refractivity contribution in [1.82, 2.24) is 10.6 Å². The van der Waals surface area contributed by atoms with Gasteiger partial charge in [0.25, 0.3) is 0 Å². The van der Waals surface area contributed by atoms with E-state index in [9.17, 15) is 4.79 Å². The average Bonchev–Trinajstić information content (AvgIpc) is 2.99. The van der Waals surface area contributed by atoms with Gasteiger partial charge in [-0.05, 0) is 19.4 Å². The molecule has 1 aliphatic heterocycles. The van der Waals surface area contributed by atoms with Gasteiger partial charge in [-0.1, -0.05) is 64.7 Å². The van der Waals surface area contributed by atoms with Crippen LogP contribution in [0.1, 0.15) is 77.6 Å². The van der Waals surface area contributed by atoms with Crippen LogP contribution < -0.4 is 10.6 Å². The highest BCUT2D eigenvalue weighted by Crippen LogP contribution is 2.10. The van der Waals surface area contributed by atoms with Crippen LogP contribution in [0, 0.1) is 5.92 Å². The minimum absolute atomic E-state index is 0.220. The van der Waals surface area contributed by atoms with E-state index in [1.165, 1.54) is 57.8 Å². The van der Waals surface area contributed by atoms with E-state index >= 15 is 0 Å². The Morgan fingerprint density at radius 3 is 2.15 bits per heavy atom. The third kappa shape index (κ3) is 8.57. The molecule has 0 aromatic rings. The number of carbonyl (C=O) groups excluding carboxylic acids is 1. The maximum atomic E-state index is 11.8. The van der Waals surface area contributed by atoms with Crippen LogP contribution in [-0.4, -0.2) is 25.5 Å². The van der Waals surface area contributed by atoms with Crippen molar-refractivity contribution in [3.8, 4) is 0 Å². The van der Waals surface area contributed by atoms with Gasteiger partial charge in [-0.25, -0.2) is 0 Å². The Morgan fingerprint density at radius 1 is 1.00 bits per heavy atom. The lowest BCUT2D eigenvalue weighted by molar-refractivity contribution is -0.124. The van der Waals surface area contributed by atoms with Crippen molar-refractivity contribution in [2.45, 2.75) is 77.6 Å². The van der Waals surface area contributed by atoms with Crippen molar-refractivity contribution in [2.24, 2.45) is 5.92 Å². The van der Waals surface area contributed by atoms with Gasteiger partial charge in [0.05, 0.1) is 5.92 Å². The molecular weight excluding hydrogens is 248 g/mol. The standard InChI is InChI=1S/C17H34N2O/c1-2-3-4-5-6-7-8-9-10-11-13-19-17(20)16-12-14-18-15-16/h16,18H,2-15H2,1H3,(H,19,20)/t16-/m0/s1. The molecule has 2 N–H and O–H groups in total. The molecule has 0 unspecified atom stereocenters. The average molecular weight is 282 g/mol. The smallest absolute Gasteiger partial charge is 0.224 e. The highest BCUT2D eigenvalue weighted by molar-refractivity contribution is 5.79. The summed E-state index contributed by atoms with van der Waals surface area (Å²) in [5.41, 5.74) is 0. The molecule has 0 saturated carbocycles. The predicted octanol–water partition coefficient (Wildman–Crippen LogP) is 3.63. The van der Waals surface area contributed by atoms with Crippen molar-refractivity contribution in [3.63, 3.8) is 0 Å². The Morgan fingerprint density at radius 2 is 1.60 bits per heavy atom. The summed E-state index contributed by atoms with van der Waals surface area (Å²) >= 11 is 0. The van der Waals surface area contributed by atoms with E-state index in [-0.39, 0.29) is 11.8 Å². The summed E-state index contributed by atoms with van der Waals surface area (Å²) < 4.78 is 0. The van der Waals surface area contributed by atoms with Crippen LogP contribution in [-0.2, 0) is 4.79 Å². The Labute approximate surface area is 125 Å². The number of carbonyl (C=O) groups is 1. The number of hydrogen-bond donors (Lipinski definition) is 2. The normalized spacial score (nSPS) is 18.4. The van der Waals surface area contributed by atoms with Gasteiger partial charge in [-0.2, -0.15) is 0 Å². The number of nitrogens with one attached hydrogen (secondary N) is 2. The fourth-order valence-electron chi connectivity index (χ4n) is 2.85. The van der Waals surface area contributed by atoms with E-state index in [0.717, 1.165) is 32.5 Å². The summed E-state index contributed by atoms with van der Waals surface area (Å²) in [5.74, 6) is 0.476. The van der Waals surface area contributed by atoms with Gasteiger partial charge in [-0.3, -0.25) is 4.79 Å². The van der Waals surface area contributed by atoms with E-state index in [1.54, 1.807) is 0 Å².